The molecule has 1 N–H and O–H groups in total. The Balaban J connectivity index is 1.39. The summed E-state index contributed by atoms with van der Waals surface area (Å²) in [5.41, 5.74) is 3.22. The maximum Gasteiger partial charge on any atom is 0.410 e. The van der Waals surface area contributed by atoms with Gasteiger partial charge in [0.2, 0.25) is 11.8 Å². The molecule has 0 saturated carbocycles. The topological polar surface area (TPSA) is 79.0 Å². The van der Waals surface area contributed by atoms with Gasteiger partial charge in [0, 0.05) is 31.7 Å². The highest BCUT2D eigenvalue weighted by Crippen LogP contribution is 2.36. The first-order chi connectivity index (χ1) is 14.2. The van der Waals surface area contributed by atoms with E-state index in [1.807, 2.05) is 20.8 Å². The van der Waals surface area contributed by atoms with Crippen LogP contribution in [0.25, 0.3) is 0 Å². The molecule has 3 aliphatic heterocycles. The molecule has 1 aromatic carbocycles. The number of ether oxygens (including phenoxy) is 1. The lowest BCUT2D eigenvalue weighted by atomic mass is 9.88. The lowest BCUT2D eigenvalue weighted by Gasteiger charge is -2.34. The summed E-state index contributed by atoms with van der Waals surface area (Å²) in [5.74, 6) is 0.0695. The number of nitrogens with zero attached hydrogens (tertiary/aromatic N) is 2. The van der Waals surface area contributed by atoms with Crippen molar-refractivity contribution in [1.29, 1.82) is 0 Å². The minimum atomic E-state index is -0.470. The van der Waals surface area contributed by atoms with Gasteiger partial charge in [-0.05, 0) is 69.6 Å². The summed E-state index contributed by atoms with van der Waals surface area (Å²) in [6, 6.07) is 6.31. The SMILES string of the molecule is CC(C)(C)OC(=O)N1CCC(c2ccc3c(c2)CCN3[C@H]2CCC(=O)NC2=O)CC1. The number of hydrogen-bond acceptors (Lipinski definition) is 5. The quantitative estimate of drug-likeness (QED) is 0.754. The first kappa shape index (κ1) is 20.7. The average molecular weight is 414 g/mol. The van der Waals surface area contributed by atoms with Crippen LogP contribution in [0.5, 0.6) is 0 Å². The van der Waals surface area contributed by atoms with Gasteiger partial charge in [-0.15, -0.1) is 0 Å². The summed E-state index contributed by atoms with van der Waals surface area (Å²) < 4.78 is 5.49. The van der Waals surface area contributed by atoms with E-state index in [9.17, 15) is 14.4 Å². The molecule has 0 aliphatic carbocycles. The van der Waals surface area contributed by atoms with E-state index >= 15 is 0 Å². The largest absolute Gasteiger partial charge is 0.444 e. The second-order valence-corrected chi connectivity index (χ2v) is 9.54. The monoisotopic (exact) mass is 413 g/mol. The van der Waals surface area contributed by atoms with Gasteiger partial charge < -0.3 is 14.5 Å². The van der Waals surface area contributed by atoms with Crippen molar-refractivity contribution in [2.45, 2.75) is 70.4 Å². The minimum Gasteiger partial charge on any atom is -0.444 e. The lowest BCUT2D eigenvalue weighted by Crippen LogP contribution is -2.52. The number of benzene rings is 1. The lowest BCUT2D eigenvalue weighted by molar-refractivity contribution is -0.134. The molecule has 0 radical (unpaired) electrons. The second-order valence-electron chi connectivity index (χ2n) is 9.54. The Hall–Kier alpha value is -2.57. The van der Waals surface area contributed by atoms with E-state index < -0.39 is 5.60 Å². The fourth-order valence-electron chi connectivity index (χ4n) is 4.73. The Morgan fingerprint density at radius 3 is 2.47 bits per heavy atom. The van der Waals surface area contributed by atoms with Crippen molar-refractivity contribution in [3.8, 4) is 0 Å². The molecule has 162 valence electrons. The van der Waals surface area contributed by atoms with Crippen molar-refractivity contribution >= 4 is 23.6 Å². The maximum atomic E-state index is 12.3. The highest BCUT2D eigenvalue weighted by molar-refractivity contribution is 6.01. The van der Waals surface area contributed by atoms with Gasteiger partial charge in [-0.3, -0.25) is 14.9 Å². The molecule has 2 saturated heterocycles. The zero-order valence-corrected chi connectivity index (χ0v) is 18.1. The number of carbonyl (C=O) groups is 3. The number of anilines is 1. The molecule has 7 nitrogen and oxygen atoms in total. The van der Waals surface area contributed by atoms with Crippen LogP contribution in [0.3, 0.4) is 0 Å². The third-order valence-electron chi connectivity index (χ3n) is 6.24. The number of rotatable bonds is 2. The third-order valence-corrected chi connectivity index (χ3v) is 6.24. The van der Waals surface area contributed by atoms with E-state index in [0.717, 1.165) is 31.5 Å². The smallest absolute Gasteiger partial charge is 0.410 e. The van der Waals surface area contributed by atoms with E-state index in [4.69, 9.17) is 4.74 Å². The number of piperidine rings is 2. The van der Waals surface area contributed by atoms with Gasteiger partial charge in [-0.2, -0.15) is 0 Å². The number of likely N-dealkylation sites (tertiary alicyclic amines) is 1. The standard InChI is InChI=1S/C23H31N3O4/c1-23(2,3)30-22(29)25-11-8-15(9-12-25)16-4-5-18-17(14-16)10-13-26(18)19-6-7-20(27)24-21(19)28/h4-5,14-15,19H,6-13H2,1-3H3,(H,24,27,28)/t19-/m0/s1. The first-order valence-corrected chi connectivity index (χ1v) is 10.9. The van der Waals surface area contributed by atoms with E-state index in [-0.39, 0.29) is 23.9 Å². The van der Waals surface area contributed by atoms with E-state index in [1.54, 1.807) is 4.90 Å². The Labute approximate surface area is 177 Å². The second kappa shape index (κ2) is 7.93. The molecule has 3 aliphatic rings. The molecular formula is C23H31N3O4. The fraction of sp³-hybridized carbons (Fsp3) is 0.609. The molecule has 0 bridgehead atoms. The number of hydrogen-bond donors (Lipinski definition) is 1. The minimum absolute atomic E-state index is 0.177. The molecular weight excluding hydrogens is 382 g/mol. The van der Waals surface area contributed by atoms with Gasteiger partial charge >= 0.3 is 6.09 Å². The zero-order chi connectivity index (χ0) is 21.5. The molecule has 1 atom stereocenters. The number of imide groups is 1. The highest BCUT2D eigenvalue weighted by Gasteiger charge is 2.35. The van der Waals surface area contributed by atoms with Crippen molar-refractivity contribution in [3.05, 3.63) is 29.3 Å². The van der Waals surface area contributed by atoms with Crippen molar-refractivity contribution in [1.82, 2.24) is 10.2 Å². The summed E-state index contributed by atoms with van der Waals surface area (Å²) in [4.78, 5) is 40.0. The molecule has 4 rings (SSSR count). The van der Waals surface area contributed by atoms with Gasteiger partial charge in [0.1, 0.15) is 11.6 Å². The molecule has 7 heteroatoms. The van der Waals surface area contributed by atoms with Crippen molar-refractivity contribution < 1.29 is 19.1 Å². The van der Waals surface area contributed by atoms with E-state index in [2.05, 4.69) is 28.4 Å². The van der Waals surface area contributed by atoms with Crippen LogP contribution < -0.4 is 10.2 Å². The summed E-state index contributed by atoms with van der Waals surface area (Å²) in [7, 11) is 0. The Kier molecular flexibility index (Phi) is 5.47. The molecule has 30 heavy (non-hydrogen) atoms. The molecule has 0 aromatic heterocycles. The third kappa shape index (κ3) is 4.30. The Morgan fingerprint density at radius 2 is 1.80 bits per heavy atom. The van der Waals surface area contributed by atoms with Crippen LogP contribution in [0.2, 0.25) is 0 Å². The summed E-state index contributed by atoms with van der Waals surface area (Å²) in [6.07, 6.45) is 3.52. The van der Waals surface area contributed by atoms with Crippen LogP contribution in [0.15, 0.2) is 18.2 Å². The predicted molar refractivity (Wildman–Crippen MR) is 113 cm³/mol. The van der Waals surface area contributed by atoms with Crippen LogP contribution in [0, 0.1) is 0 Å². The normalized spacial score (nSPS) is 22.7. The first-order valence-electron chi connectivity index (χ1n) is 10.9. The number of carbonyl (C=O) groups excluding carboxylic acids is 3. The maximum absolute atomic E-state index is 12.3. The van der Waals surface area contributed by atoms with E-state index in [0.29, 0.717) is 31.8 Å². The average Bonchev–Trinajstić information content (AvgIpc) is 3.10. The van der Waals surface area contributed by atoms with Crippen molar-refractivity contribution in [3.63, 3.8) is 0 Å². The van der Waals surface area contributed by atoms with Gasteiger partial charge in [0.15, 0.2) is 0 Å². The summed E-state index contributed by atoms with van der Waals surface area (Å²) >= 11 is 0. The zero-order valence-electron chi connectivity index (χ0n) is 18.1. The number of nitrogens with one attached hydrogen (secondary N) is 1. The van der Waals surface area contributed by atoms with Crippen LogP contribution >= 0.6 is 0 Å². The van der Waals surface area contributed by atoms with Crippen LogP contribution in [0.4, 0.5) is 10.5 Å². The molecule has 3 amide bonds. The van der Waals surface area contributed by atoms with Crippen LogP contribution in [0.1, 0.15) is 63.5 Å². The van der Waals surface area contributed by atoms with Gasteiger partial charge in [0.05, 0.1) is 0 Å². The Morgan fingerprint density at radius 1 is 1.07 bits per heavy atom. The van der Waals surface area contributed by atoms with Gasteiger partial charge in [0.25, 0.3) is 0 Å². The van der Waals surface area contributed by atoms with Gasteiger partial charge in [-0.1, -0.05) is 12.1 Å². The fourth-order valence-corrected chi connectivity index (χ4v) is 4.73. The predicted octanol–water partition coefficient (Wildman–Crippen LogP) is 2.97. The summed E-state index contributed by atoms with van der Waals surface area (Å²) in [6.45, 7) is 7.89. The summed E-state index contributed by atoms with van der Waals surface area (Å²) in [5, 5.41) is 2.47. The molecule has 1 aromatic rings. The highest BCUT2D eigenvalue weighted by atomic mass is 16.6. The Bertz CT molecular complexity index is 852. The number of amides is 3. The molecule has 0 spiro atoms. The number of fused-ring (bicyclic) bond motifs is 1. The van der Waals surface area contributed by atoms with Gasteiger partial charge in [-0.25, -0.2) is 4.79 Å². The van der Waals surface area contributed by atoms with E-state index in [1.165, 1.54) is 11.1 Å². The molecule has 3 heterocycles. The molecule has 0 unspecified atom stereocenters. The van der Waals surface area contributed by atoms with Crippen LogP contribution in [-0.4, -0.2) is 54.1 Å². The molecule has 2 fully saturated rings. The van der Waals surface area contributed by atoms with Crippen molar-refractivity contribution in [2.24, 2.45) is 0 Å². The van der Waals surface area contributed by atoms with Crippen molar-refractivity contribution in [2.75, 3.05) is 24.5 Å². The van der Waals surface area contributed by atoms with Crippen LogP contribution in [-0.2, 0) is 20.7 Å².